The third kappa shape index (κ3) is 11.0. The first-order valence-electron chi connectivity index (χ1n) is 4.66. The molecule has 0 saturated heterocycles. The van der Waals surface area contributed by atoms with Gasteiger partial charge in [0.05, 0.1) is 0 Å². The van der Waals surface area contributed by atoms with E-state index in [9.17, 15) is 4.79 Å². The Labute approximate surface area is 81.1 Å². The molecule has 0 fully saturated rings. The molecule has 0 saturated carbocycles. The smallest absolute Gasteiger partial charge is 0.216 e. The van der Waals surface area contributed by atoms with Crippen LogP contribution in [-0.2, 0) is 4.79 Å². The van der Waals surface area contributed by atoms with Crippen molar-refractivity contribution in [3.63, 3.8) is 0 Å². The number of carbonyl (C=O) groups is 1. The number of hydrogen-bond acceptors (Lipinski definition) is 1. The molecule has 2 nitrogen and oxygen atoms in total. The van der Waals surface area contributed by atoms with Crippen molar-refractivity contribution in [2.24, 2.45) is 5.41 Å². The van der Waals surface area contributed by atoms with Crippen LogP contribution >= 0.6 is 0 Å². The van der Waals surface area contributed by atoms with Crippen LogP contribution in [0.1, 0.15) is 40.5 Å². The molecule has 0 unspecified atom stereocenters. The van der Waals surface area contributed by atoms with Crippen molar-refractivity contribution in [1.82, 2.24) is 5.32 Å². The molecule has 2 heteroatoms. The molecule has 0 rings (SSSR count). The van der Waals surface area contributed by atoms with Crippen LogP contribution in [0.15, 0.2) is 0 Å². The first-order valence-corrected chi connectivity index (χ1v) is 4.66. The SMILES string of the molecule is CC(=O)NCCCC#CC(C)(C)C. The summed E-state index contributed by atoms with van der Waals surface area (Å²) >= 11 is 0. The number of rotatable bonds is 3. The zero-order valence-electron chi connectivity index (χ0n) is 9.03. The minimum absolute atomic E-state index is 0.0313. The Kier molecular flexibility index (Phi) is 5.22. The van der Waals surface area contributed by atoms with Crippen LogP contribution in [0.25, 0.3) is 0 Å². The van der Waals surface area contributed by atoms with Gasteiger partial charge in [0, 0.05) is 25.3 Å². The van der Waals surface area contributed by atoms with Gasteiger partial charge >= 0.3 is 0 Å². The summed E-state index contributed by atoms with van der Waals surface area (Å²) in [6.07, 6.45) is 1.79. The lowest BCUT2D eigenvalue weighted by Crippen LogP contribution is -2.20. The van der Waals surface area contributed by atoms with Gasteiger partial charge in [0.25, 0.3) is 0 Å². The summed E-state index contributed by atoms with van der Waals surface area (Å²) in [6.45, 7) is 8.53. The molecule has 0 atom stereocenters. The second-order valence-corrected chi connectivity index (χ2v) is 4.14. The van der Waals surface area contributed by atoms with Gasteiger partial charge in [-0.05, 0) is 27.2 Å². The lowest BCUT2D eigenvalue weighted by Gasteiger charge is -2.06. The van der Waals surface area contributed by atoms with E-state index in [-0.39, 0.29) is 11.3 Å². The van der Waals surface area contributed by atoms with E-state index in [2.05, 4.69) is 37.9 Å². The van der Waals surface area contributed by atoms with Crippen molar-refractivity contribution >= 4 is 5.91 Å². The Hall–Kier alpha value is -0.970. The minimum atomic E-state index is 0.0313. The number of unbranched alkanes of at least 4 members (excludes halogenated alkanes) is 1. The molecule has 0 heterocycles. The number of nitrogens with one attached hydrogen (secondary N) is 1. The lowest BCUT2D eigenvalue weighted by atomic mass is 9.98. The maximum atomic E-state index is 10.5. The predicted molar refractivity (Wildman–Crippen MR) is 55.1 cm³/mol. The largest absolute Gasteiger partial charge is 0.356 e. The molecule has 0 aromatic carbocycles. The highest BCUT2D eigenvalue weighted by Gasteiger charge is 2.02. The summed E-state index contributed by atoms with van der Waals surface area (Å²) in [7, 11) is 0. The molecule has 13 heavy (non-hydrogen) atoms. The van der Waals surface area contributed by atoms with Crippen LogP contribution in [0.4, 0.5) is 0 Å². The normalized spacial score (nSPS) is 10.2. The van der Waals surface area contributed by atoms with E-state index in [1.54, 1.807) is 0 Å². The van der Waals surface area contributed by atoms with Crippen molar-refractivity contribution in [3.8, 4) is 11.8 Å². The zero-order valence-corrected chi connectivity index (χ0v) is 9.03. The average molecular weight is 181 g/mol. The minimum Gasteiger partial charge on any atom is -0.356 e. The van der Waals surface area contributed by atoms with Crippen LogP contribution in [0.5, 0.6) is 0 Å². The van der Waals surface area contributed by atoms with Gasteiger partial charge in [-0.25, -0.2) is 0 Å². The maximum Gasteiger partial charge on any atom is 0.216 e. The van der Waals surface area contributed by atoms with Crippen LogP contribution in [0.2, 0.25) is 0 Å². The van der Waals surface area contributed by atoms with Crippen molar-refractivity contribution in [2.45, 2.75) is 40.5 Å². The molecule has 74 valence electrons. The van der Waals surface area contributed by atoms with E-state index in [1.165, 1.54) is 6.92 Å². The van der Waals surface area contributed by atoms with Gasteiger partial charge in [0.1, 0.15) is 0 Å². The predicted octanol–water partition coefficient (Wildman–Crippen LogP) is 1.95. The molecule has 0 aliphatic heterocycles. The molecular weight excluding hydrogens is 162 g/mol. The molecule has 1 N–H and O–H groups in total. The highest BCUT2D eigenvalue weighted by atomic mass is 16.1. The van der Waals surface area contributed by atoms with E-state index >= 15 is 0 Å². The Balaban J connectivity index is 3.44. The quantitative estimate of drug-likeness (QED) is 0.523. The summed E-state index contributed by atoms with van der Waals surface area (Å²) in [4.78, 5) is 10.5. The third-order valence-corrected chi connectivity index (χ3v) is 1.32. The number of amides is 1. The summed E-state index contributed by atoms with van der Waals surface area (Å²) in [5.74, 6) is 6.28. The second-order valence-electron chi connectivity index (χ2n) is 4.14. The molecule has 0 spiro atoms. The molecular formula is C11H19NO. The molecule has 0 aliphatic carbocycles. The van der Waals surface area contributed by atoms with Gasteiger partial charge in [-0.3, -0.25) is 4.79 Å². The number of carbonyl (C=O) groups excluding carboxylic acids is 1. The van der Waals surface area contributed by atoms with Gasteiger partial charge in [0.2, 0.25) is 5.91 Å². The van der Waals surface area contributed by atoms with Crippen molar-refractivity contribution in [2.75, 3.05) is 6.54 Å². The first kappa shape index (κ1) is 12.0. The standard InChI is InChI=1S/C11H19NO/c1-10(13)12-9-7-5-6-8-11(2,3)4/h5,7,9H2,1-4H3,(H,12,13). The van der Waals surface area contributed by atoms with Gasteiger partial charge in [0.15, 0.2) is 0 Å². The van der Waals surface area contributed by atoms with Gasteiger partial charge in [-0.2, -0.15) is 0 Å². The lowest BCUT2D eigenvalue weighted by molar-refractivity contribution is -0.118. The highest BCUT2D eigenvalue weighted by molar-refractivity contribution is 5.72. The van der Waals surface area contributed by atoms with E-state index in [0.29, 0.717) is 0 Å². The Bertz CT molecular complexity index is 214. The van der Waals surface area contributed by atoms with Gasteiger partial charge in [-0.15, -0.1) is 5.92 Å². The van der Waals surface area contributed by atoms with Crippen LogP contribution < -0.4 is 5.32 Å². The van der Waals surface area contributed by atoms with Crippen LogP contribution in [0, 0.1) is 17.3 Å². The Morgan fingerprint density at radius 2 is 2.00 bits per heavy atom. The molecule has 0 aliphatic rings. The van der Waals surface area contributed by atoms with Gasteiger partial charge in [-0.1, -0.05) is 5.92 Å². The second kappa shape index (κ2) is 5.64. The first-order chi connectivity index (χ1) is 5.92. The van der Waals surface area contributed by atoms with E-state index < -0.39 is 0 Å². The molecule has 0 aromatic heterocycles. The Morgan fingerprint density at radius 1 is 1.38 bits per heavy atom. The maximum absolute atomic E-state index is 10.5. The summed E-state index contributed by atoms with van der Waals surface area (Å²) in [5, 5.41) is 2.74. The average Bonchev–Trinajstić information content (AvgIpc) is 1.93. The summed E-state index contributed by atoms with van der Waals surface area (Å²) < 4.78 is 0. The van der Waals surface area contributed by atoms with Crippen LogP contribution in [-0.4, -0.2) is 12.5 Å². The molecule has 1 amide bonds. The zero-order chi connectivity index (χ0) is 10.3. The van der Waals surface area contributed by atoms with Gasteiger partial charge < -0.3 is 5.32 Å². The fraction of sp³-hybridized carbons (Fsp3) is 0.727. The van der Waals surface area contributed by atoms with Crippen molar-refractivity contribution in [3.05, 3.63) is 0 Å². The monoisotopic (exact) mass is 181 g/mol. The van der Waals surface area contributed by atoms with E-state index in [4.69, 9.17) is 0 Å². The van der Waals surface area contributed by atoms with Crippen LogP contribution in [0.3, 0.4) is 0 Å². The van der Waals surface area contributed by atoms with Crippen molar-refractivity contribution in [1.29, 1.82) is 0 Å². The highest BCUT2D eigenvalue weighted by Crippen LogP contribution is 2.09. The fourth-order valence-electron chi connectivity index (χ4n) is 0.769. The summed E-state index contributed by atoms with van der Waals surface area (Å²) in [5.41, 5.74) is 0.0913. The molecule has 0 bridgehead atoms. The van der Waals surface area contributed by atoms with E-state index in [1.807, 2.05) is 0 Å². The summed E-state index contributed by atoms with van der Waals surface area (Å²) in [6, 6.07) is 0. The fourth-order valence-corrected chi connectivity index (χ4v) is 0.769. The Morgan fingerprint density at radius 3 is 2.46 bits per heavy atom. The number of hydrogen-bond donors (Lipinski definition) is 1. The van der Waals surface area contributed by atoms with E-state index in [0.717, 1.165) is 19.4 Å². The molecule has 0 radical (unpaired) electrons. The third-order valence-electron chi connectivity index (χ3n) is 1.32. The van der Waals surface area contributed by atoms with Crippen molar-refractivity contribution < 1.29 is 4.79 Å². The topological polar surface area (TPSA) is 29.1 Å². The molecule has 0 aromatic rings.